The highest BCUT2D eigenvalue weighted by atomic mass is 16.3. The van der Waals surface area contributed by atoms with Gasteiger partial charge in [0.05, 0.1) is 0 Å². The van der Waals surface area contributed by atoms with Gasteiger partial charge in [0.1, 0.15) is 6.29 Å². The van der Waals surface area contributed by atoms with Crippen LogP contribution in [0.1, 0.15) is 35.4 Å². The van der Waals surface area contributed by atoms with E-state index in [1.807, 2.05) is 6.07 Å². The molecule has 1 heterocycles. The van der Waals surface area contributed by atoms with Gasteiger partial charge < -0.3 is 20.8 Å². The number of phenols is 2. The monoisotopic (exact) mass is 352 g/mol. The molecule has 26 heavy (non-hydrogen) atoms. The molecule has 5 heteroatoms. The Morgan fingerprint density at radius 1 is 1.12 bits per heavy atom. The summed E-state index contributed by atoms with van der Waals surface area (Å²) in [7, 11) is 0. The molecule has 0 radical (unpaired) electrons. The molecule has 1 saturated heterocycles. The predicted octanol–water partition coefficient (Wildman–Crippen LogP) is 2.98. The van der Waals surface area contributed by atoms with Crippen molar-refractivity contribution in [3.05, 3.63) is 65.2 Å². The predicted molar refractivity (Wildman–Crippen MR) is 102 cm³/mol. The van der Waals surface area contributed by atoms with Gasteiger partial charge in [0.25, 0.3) is 0 Å². The summed E-state index contributed by atoms with van der Waals surface area (Å²) in [6.45, 7) is 2.18. The third-order valence-corrected chi connectivity index (χ3v) is 4.99. The molecular weight excluding hydrogens is 328 g/mol. The third-order valence-electron chi connectivity index (χ3n) is 4.99. The molecule has 0 unspecified atom stereocenters. The van der Waals surface area contributed by atoms with Gasteiger partial charge in [-0.25, -0.2) is 0 Å². The lowest BCUT2D eigenvalue weighted by atomic mass is 9.88. The molecule has 1 fully saturated rings. The summed E-state index contributed by atoms with van der Waals surface area (Å²) in [5.41, 5.74) is 9.69. The Hall–Kier alpha value is -2.79. The van der Waals surface area contributed by atoms with Crippen molar-refractivity contribution < 1.29 is 15.0 Å². The Labute approximate surface area is 153 Å². The largest absolute Gasteiger partial charge is 0.504 e. The highest BCUT2D eigenvalue weighted by molar-refractivity contribution is 5.81. The first-order valence-electron chi connectivity index (χ1n) is 8.84. The van der Waals surface area contributed by atoms with Crippen molar-refractivity contribution in [1.82, 2.24) is 4.90 Å². The number of hydrogen-bond acceptors (Lipinski definition) is 5. The van der Waals surface area contributed by atoms with Crippen molar-refractivity contribution in [2.24, 2.45) is 5.73 Å². The van der Waals surface area contributed by atoms with E-state index in [0.717, 1.165) is 49.0 Å². The van der Waals surface area contributed by atoms with Crippen LogP contribution in [0.15, 0.2) is 48.5 Å². The van der Waals surface area contributed by atoms with Crippen LogP contribution in [0, 0.1) is 0 Å². The SMILES string of the molecule is NCc1cccc(C2CCN(/C(=C\C=O)c3ccc(O)c(O)c3)CC2)c1. The molecule has 136 valence electrons. The standard InChI is InChI=1S/C21H24N2O3/c22-14-15-2-1-3-17(12-15)16-6-9-23(10-7-16)19(8-11-24)18-4-5-20(25)21(26)13-18/h1-5,8,11-13,16,25-26H,6-7,9-10,14,22H2/b19-8-. The number of nitrogens with zero attached hydrogens (tertiary/aromatic N) is 1. The first kappa shape index (κ1) is 18.0. The van der Waals surface area contributed by atoms with Gasteiger partial charge in [-0.1, -0.05) is 24.3 Å². The maximum absolute atomic E-state index is 11.1. The van der Waals surface area contributed by atoms with Gasteiger partial charge in [-0.15, -0.1) is 0 Å². The third kappa shape index (κ3) is 3.89. The minimum absolute atomic E-state index is 0.169. The van der Waals surface area contributed by atoms with E-state index in [0.29, 0.717) is 12.5 Å². The zero-order valence-corrected chi connectivity index (χ0v) is 14.6. The van der Waals surface area contributed by atoms with E-state index in [9.17, 15) is 15.0 Å². The molecule has 0 amide bonds. The molecule has 2 aromatic rings. The topological polar surface area (TPSA) is 86.8 Å². The molecule has 0 bridgehead atoms. The van der Waals surface area contributed by atoms with Crippen molar-refractivity contribution in [3.63, 3.8) is 0 Å². The van der Waals surface area contributed by atoms with Crippen molar-refractivity contribution in [2.75, 3.05) is 13.1 Å². The summed E-state index contributed by atoms with van der Waals surface area (Å²) in [6, 6.07) is 13.1. The van der Waals surface area contributed by atoms with Crippen molar-refractivity contribution >= 4 is 12.0 Å². The van der Waals surface area contributed by atoms with Crippen molar-refractivity contribution in [1.29, 1.82) is 0 Å². The van der Waals surface area contributed by atoms with Gasteiger partial charge in [-0.2, -0.15) is 0 Å². The van der Waals surface area contributed by atoms with Crippen LogP contribution in [0.4, 0.5) is 0 Å². The molecule has 4 N–H and O–H groups in total. The fourth-order valence-electron chi connectivity index (χ4n) is 3.56. The Kier molecular flexibility index (Phi) is 5.58. The van der Waals surface area contributed by atoms with Gasteiger partial charge >= 0.3 is 0 Å². The molecule has 1 aliphatic rings. The summed E-state index contributed by atoms with van der Waals surface area (Å²) in [4.78, 5) is 13.3. The lowest BCUT2D eigenvalue weighted by Crippen LogP contribution is -2.31. The van der Waals surface area contributed by atoms with Crippen LogP contribution in [0.25, 0.3) is 5.70 Å². The van der Waals surface area contributed by atoms with Gasteiger partial charge in [-0.05, 0) is 48.1 Å². The fraction of sp³-hybridized carbons (Fsp3) is 0.286. The van der Waals surface area contributed by atoms with E-state index in [1.165, 1.54) is 23.8 Å². The molecule has 1 aliphatic heterocycles. The summed E-state index contributed by atoms with van der Waals surface area (Å²) in [6.07, 6.45) is 4.24. The number of allylic oxidation sites excluding steroid dienone is 1. The molecular formula is C21H24N2O3. The molecule has 0 atom stereocenters. The average Bonchev–Trinajstić information content (AvgIpc) is 2.68. The summed E-state index contributed by atoms with van der Waals surface area (Å²) in [5, 5.41) is 19.3. The summed E-state index contributed by atoms with van der Waals surface area (Å²) < 4.78 is 0. The van der Waals surface area contributed by atoms with E-state index < -0.39 is 0 Å². The minimum atomic E-state index is -0.187. The second kappa shape index (κ2) is 8.06. The first-order chi connectivity index (χ1) is 12.6. The average molecular weight is 352 g/mol. The van der Waals surface area contributed by atoms with Crippen molar-refractivity contribution in [2.45, 2.75) is 25.3 Å². The highest BCUT2D eigenvalue weighted by Crippen LogP contribution is 2.34. The lowest BCUT2D eigenvalue weighted by Gasteiger charge is -2.35. The molecule has 3 rings (SSSR count). The van der Waals surface area contributed by atoms with Gasteiger partial charge in [0.15, 0.2) is 11.5 Å². The Morgan fingerprint density at radius 2 is 1.88 bits per heavy atom. The van der Waals surface area contributed by atoms with E-state index in [1.54, 1.807) is 6.07 Å². The Bertz CT molecular complexity index is 809. The van der Waals surface area contributed by atoms with Crippen LogP contribution in [0.5, 0.6) is 11.5 Å². The van der Waals surface area contributed by atoms with E-state index in [-0.39, 0.29) is 11.5 Å². The fourth-order valence-corrected chi connectivity index (χ4v) is 3.56. The van der Waals surface area contributed by atoms with Crippen LogP contribution in [0.2, 0.25) is 0 Å². The van der Waals surface area contributed by atoms with Crippen LogP contribution in [-0.2, 0) is 11.3 Å². The number of hydrogen-bond donors (Lipinski definition) is 3. The number of benzene rings is 2. The van der Waals surface area contributed by atoms with Crippen LogP contribution >= 0.6 is 0 Å². The quantitative estimate of drug-likeness (QED) is 0.437. The number of carbonyl (C=O) groups excluding carboxylic acids is 1. The number of nitrogens with two attached hydrogens (primary N) is 1. The summed E-state index contributed by atoms with van der Waals surface area (Å²) in [5.74, 6) is 0.119. The summed E-state index contributed by atoms with van der Waals surface area (Å²) >= 11 is 0. The first-order valence-corrected chi connectivity index (χ1v) is 8.84. The number of rotatable bonds is 5. The second-order valence-electron chi connectivity index (χ2n) is 6.60. The number of aromatic hydroxyl groups is 2. The second-order valence-corrected chi connectivity index (χ2v) is 6.60. The number of likely N-dealkylation sites (tertiary alicyclic amines) is 1. The van der Waals surface area contributed by atoms with Gasteiger partial charge in [-0.3, -0.25) is 4.79 Å². The smallest absolute Gasteiger partial charge is 0.158 e. The Balaban J connectivity index is 1.75. The van der Waals surface area contributed by atoms with Crippen molar-refractivity contribution in [3.8, 4) is 11.5 Å². The molecule has 0 aromatic heterocycles. The Morgan fingerprint density at radius 3 is 2.54 bits per heavy atom. The van der Waals surface area contributed by atoms with E-state index >= 15 is 0 Å². The molecule has 0 saturated carbocycles. The van der Waals surface area contributed by atoms with Crippen LogP contribution in [-0.4, -0.2) is 34.5 Å². The van der Waals surface area contributed by atoms with E-state index in [4.69, 9.17) is 5.73 Å². The highest BCUT2D eigenvalue weighted by Gasteiger charge is 2.23. The zero-order valence-electron chi connectivity index (χ0n) is 14.6. The normalized spacial score (nSPS) is 15.9. The minimum Gasteiger partial charge on any atom is -0.504 e. The van der Waals surface area contributed by atoms with Crippen LogP contribution < -0.4 is 5.73 Å². The zero-order chi connectivity index (χ0) is 18.5. The van der Waals surface area contributed by atoms with Gasteiger partial charge in [0, 0.05) is 37.0 Å². The molecule has 0 spiro atoms. The lowest BCUT2D eigenvalue weighted by molar-refractivity contribution is -0.104. The maximum atomic E-state index is 11.1. The maximum Gasteiger partial charge on any atom is 0.158 e. The number of piperidine rings is 1. The number of phenolic OH excluding ortho intramolecular Hbond substituents is 2. The molecule has 0 aliphatic carbocycles. The van der Waals surface area contributed by atoms with E-state index in [2.05, 4.69) is 23.1 Å². The number of carbonyl (C=O) groups is 1. The molecule has 5 nitrogen and oxygen atoms in total. The molecule has 2 aromatic carbocycles. The van der Waals surface area contributed by atoms with Gasteiger partial charge in [0.2, 0.25) is 0 Å². The van der Waals surface area contributed by atoms with Crippen LogP contribution in [0.3, 0.4) is 0 Å². The number of aldehydes is 1.